The van der Waals surface area contributed by atoms with Crippen molar-refractivity contribution in [3.8, 4) is 0 Å². The van der Waals surface area contributed by atoms with E-state index in [0.717, 1.165) is 25.7 Å². The minimum atomic E-state index is -0.327. The van der Waals surface area contributed by atoms with Crippen LogP contribution in [0, 0.1) is 0 Å². The molecule has 0 saturated carbocycles. The maximum absolute atomic E-state index is 11.8. The van der Waals surface area contributed by atoms with E-state index in [4.69, 9.17) is 4.74 Å². The number of hydrogen-bond acceptors (Lipinski definition) is 4. The van der Waals surface area contributed by atoms with Crippen molar-refractivity contribution >= 4 is 11.9 Å². The van der Waals surface area contributed by atoms with E-state index in [0.29, 0.717) is 12.8 Å². The van der Waals surface area contributed by atoms with Crippen molar-refractivity contribution in [2.75, 3.05) is 0 Å². The van der Waals surface area contributed by atoms with Crippen LogP contribution in [0.2, 0.25) is 0 Å². The molecule has 5 heteroatoms. The summed E-state index contributed by atoms with van der Waals surface area (Å²) in [5, 5.41) is 0. The SMILES string of the molecule is CCCCCCCCCCCCCCCCCC(=O)OC(=O)CCCCCCCCCCCCC.N.[H-].[K+]. The molecule has 0 aliphatic heterocycles. The van der Waals surface area contributed by atoms with Gasteiger partial charge in [-0.25, -0.2) is 0 Å². The summed E-state index contributed by atoms with van der Waals surface area (Å²) in [7, 11) is 0. The topological polar surface area (TPSA) is 78.4 Å². The smallest absolute Gasteiger partial charge is 1.00 e. The molecule has 0 spiro atoms. The minimum Gasteiger partial charge on any atom is -1.00 e. The molecule has 0 aliphatic rings. The van der Waals surface area contributed by atoms with Crippen LogP contribution in [0.4, 0.5) is 0 Å². The van der Waals surface area contributed by atoms with Gasteiger partial charge in [-0.2, -0.15) is 0 Å². The zero-order chi connectivity index (χ0) is 25.7. The predicted octanol–water partition coefficient (Wildman–Crippen LogP) is 8.30. The molecule has 218 valence electrons. The fourth-order valence-corrected chi connectivity index (χ4v) is 4.80. The van der Waals surface area contributed by atoms with E-state index in [1.807, 2.05) is 0 Å². The molecule has 0 rings (SSSR count). The van der Waals surface area contributed by atoms with Gasteiger partial charge in [0.1, 0.15) is 0 Å². The van der Waals surface area contributed by atoms with Crippen molar-refractivity contribution in [2.24, 2.45) is 0 Å². The van der Waals surface area contributed by atoms with Crippen LogP contribution in [0.5, 0.6) is 0 Å². The van der Waals surface area contributed by atoms with Crippen molar-refractivity contribution in [3.05, 3.63) is 0 Å². The molecule has 37 heavy (non-hydrogen) atoms. The van der Waals surface area contributed by atoms with Gasteiger partial charge in [-0.1, -0.05) is 168 Å². The van der Waals surface area contributed by atoms with Gasteiger partial charge in [-0.3, -0.25) is 9.59 Å². The zero-order valence-electron chi connectivity index (χ0n) is 26.7. The summed E-state index contributed by atoms with van der Waals surface area (Å²) in [6.45, 7) is 4.53. The van der Waals surface area contributed by atoms with Gasteiger partial charge in [0.25, 0.3) is 0 Å². The van der Waals surface area contributed by atoms with Gasteiger partial charge in [0.2, 0.25) is 0 Å². The summed E-state index contributed by atoms with van der Waals surface area (Å²) in [6, 6.07) is 0. The Balaban J connectivity index is -0.00000193. The van der Waals surface area contributed by atoms with Crippen molar-refractivity contribution in [2.45, 2.75) is 194 Å². The third-order valence-electron chi connectivity index (χ3n) is 7.20. The van der Waals surface area contributed by atoms with Crippen molar-refractivity contribution in [1.82, 2.24) is 6.15 Å². The fourth-order valence-electron chi connectivity index (χ4n) is 4.80. The molecular weight excluding hydrogens is 485 g/mol. The average Bonchev–Trinajstić information content (AvgIpc) is 2.85. The number of carbonyl (C=O) groups excluding carboxylic acids is 2. The van der Waals surface area contributed by atoms with Crippen LogP contribution in [0.15, 0.2) is 0 Å². The summed E-state index contributed by atoms with van der Waals surface area (Å²) in [5.74, 6) is -0.653. The molecule has 0 fully saturated rings. The summed E-state index contributed by atoms with van der Waals surface area (Å²) >= 11 is 0. The van der Waals surface area contributed by atoms with Crippen molar-refractivity contribution in [1.29, 1.82) is 0 Å². The molecule has 0 saturated heterocycles. The van der Waals surface area contributed by atoms with Crippen LogP contribution >= 0.6 is 0 Å². The van der Waals surface area contributed by atoms with Crippen LogP contribution < -0.4 is 57.5 Å². The predicted molar refractivity (Wildman–Crippen MR) is 158 cm³/mol. The first kappa shape index (κ1) is 42.2. The van der Waals surface area contributed by atoms with Gasteiger partial charge in [-0.15, -0.1) is 0 Å². The number of hydrogen-bond donors (Lipinski definition) is 1. The van der Waals surface area contributed by atoms with Crippen LogP contribution in [0.1, 0.15) is 195 Å². The second-order valence-corrected chi connectivity index (χ2v) is 10.8. The number of ether oxygens (including phenoxy) is 1. The van der Waals surface area contributed by atoms with Gasteiger partial charge < -0.3 is 12.3 Å². The van der Waals surface area contributed by atoms with E-state index >= 15 is 0 Å². The van der Waals surface area contributed by atoms with E-state index in [-0.39, 0.29) is 70.9 Å². The Hall–Kier alpha value is 0.736. The average molecular weight is 552 g/mol. The number of carbonyl (C=O) groups is 2. The molecule has 0 radical (unpaired) electrons. The van der Waals surface area contributed by atoms with E-state index in [1.165, 1.54) is 141 Å². The van der Waals surface area contributed by atoms with Crippen LogP contribution in [0.3, 0.4) is 0 Å². The Kier molecular flexibility index (Phi) is 41.9. The number of unbranched alkanes of at least 4 members (excludes halogenated alkanes) is 24. The molecule has 0 aromatic rings. The van der Waals surface area contributed by atoms with E-state index in [2.05, 4.69) is 13.8 Å². The maximum atomic E-state index is 11.8. The molecule has 0 heterocycles. The molecule has 0 amide bonds. The molecule has 0 aromatic carbocycles. The molecule has 0 unspecified atom stereocenters. The Morgan fingerprint density at radius 1 is 0.405 bits per heavy atom. The Morgan fingerprint density at radius 3 is 0.811 bits per heavy atom. The van der Waals surface area contributed by atoms with Crippen molar-refractivity contribution in [3.63, 3.8) is 0 Å². The maximum Gasteiger partial charge on any atom is 1.00 e. The molecule has 0 aromatic heterocycles. The molecular formula is C32H66KNO3. The van der Waals surface area contributed by atoms with Crippen LogP contribution in [-0.4, -0.2) is 11.9 Å². The minimum absolute atomic E-state index is 0. The Morgan fingerprint density at radius 2 is 0.595 bits per heavy atom. The molecule has 0 aliphatic carbocycles. The zero-order valence-corrected chi connectivity index (χ0v) is 28.9. The van der Waals surface area contributed by atoms with Gasteiger partial charge >= 0.3 is 63.3 Å². The summed E-state index contributed by atoms with van der Waals surface area (Å²) in [5.41, 5.74) is 0. The Labute approximate surface area is 276 Å². The number of rotatable bonds is 28. The van der Waals surface area contributed by atoms with Crippen LogP contribution in [0.25, 0.3) is 0 Å². The monoisotopic (exact) mass is 551 g/mol. The largest absolute Gasteiger partial charge is 1.00 e. The normalized spacial score (nSPS) is 10.5. The van der Waals surface area contributed by atoms with Gasteiger partial charge in [0.05, 0.1) is 0 Å². The van der Waals surface area contributed by atoms with E-state index in [1.54, 1.807) is 0 Å². The molecule has 3 N–H and O–H groups in total. The van der Waals surface area contributed by atoms with Gasteiger partial charge in [0.15, 0.2) is 0 Å². The third kappa shape index (κ3) is 36.7. The molecule has 0 atom stereocenters. The second kappa shape index (κ2) is 36.7. The third-order valence-corrected chi connectivity index (χ3v) is 7.20. The first-order valence-electron chi connectivity index (χ1n) is 15.9. The molecule has 0 bridgehead atoms. The van der Waals surface area contributed by atoms with Crippen LogP contribution in [-0.2, 0) is 14.3 Å². The number of esters is 2. The fraction of sp³-hybridized carbons (Fsp3) is 0.938. The Bertz CT molecular complexity index is 466. The van der Waals surface area contributed by atoms with E-state index < -0.39 is 0 Å². The van der Waals surface area contributed by atoms with Gasteiger partial charge in [0, 0.05) is 12.8 Å². The summed E-state index contributed by atoms with van der Waals surface area (Å²) in [6.07, 6.45) is 34.3. The summed E-state index contributed by atoms with van der Waals surface area (Å²) < 4.78 is 4.98. The van der Waals surface area contributed by atoms with E-state index in [9.17, 15) is 9.59 Å². The van der Waals surface area contributed by atoms with Gasteiger partial charge in [-0.05, 0) is 12.8 Å². The molecule has 4 nitrogen and oxygen atoms in total. The quantitative estimate of drug-likeness (QED) is 0.0459. The second-order valence-electron chi connectivity index (χ2n) is 10.8. The summed E-state index contributed by atoms with van der Waals surface area (Å²) in [4.78, 5) is 23.7. The standard InChI is InChI=1S/C32H62O3.K.H3N.H/c1-3-5-7-9-11-13-15-16-17-18-20-22-24-26-28-30-32(34)35-31(33)29-27-25-23-21-19-14-12-10-8-6-4-2;;;/h3-30H2,1-2H3;;1H3;/q;+1;;-1. The first-order valence-corrected chi connectivity index (χ1v) is 15.9. The first-order chi connectivity index (χ1) is 17.2. The van der Waals surface area contributed by atoms with Crippen molar-refractivity contribution < 1.29 is 67.1 Å².